The van der Waals surface area contributed by atoms with E-state index in [-0.39, 0.29) is 28.5 Å². The molecule has 0 unspecified atom stereocenters. The highest BCUT2D eigenvalue weighted by atomic mass is 35.5. The van der Waals surface area contributed by atoms with Gasteiger partial charge in [0.1, 0.15) is 5.82 Å². The minimum atomic E-state index is -0.468. The van der Waals surface area contributed by atoms with Gasteiger partial charge in [-0.2, -0.15) is 0 Å². The number of carbonyl (C=O) groups is 2. The Hall–Kier alpha value is -2.88. The molecule has 0 saturated carbocycles. The molecule has 1 aromatic heterocycles. The van der Waals surface area contributed by atoms with Crippen molar-refractivity contribution >= 4 is 52.5 Å². The molecule has 7 nitrogen and oxygen atoms in total. The van der Waals surface area contributed by atoms with E-state index in [2.05, 4.69) is 27.4 Å². The van der Waals surface area contributed by atoms with Gasteiger partial charge in [0.15, 0.2) is 11.0 Å². The number of aromatic nitrogens is 3. The summed E-state index contributed by atoms with van der Waals surface area (Å²) in [4.78, 5) is 25.6. The number of halogens is 3. The summed E-state index contributed by atoms with van der Waals surface area (Å²) in [6.45, 7) is 10.1. The number of amides is 2. The molecule has 2 aromatic carbocycles. The maximum atomic E-state index is 13.6. The maximum Gasteiger partial charge on any atom is 0.253 e. The van der Waals surface area contributed by atoms with E-state index in [4.69, 9.17) is 23.2 Å². The number of carbonyl (C=O) groups excluding carboxylic acids is 2. The van der Waals surface area contributed by atoms with Gasteiger partial charge in [0.2, 0.25) is 5.91 Å². The second-order valence-electron chi connectivity index (χ2n) is 8.82. The second kappa shape index (κ2) is 13.1. The summed E-state index contributed by atoms with van der Waals surface area (Å²) >= 11 is 13.4. The molecule has 1 atom stereocenters. The summed E-state index contributed by atoms with van der Waals surface area (Å²) in [5.41, 5.74) is 1.47. The number of aryl methyl sites for hydroxylation is 1. The van der Waals surface area contributed by atoms with Crippen LogP contribution < -0.4 is 10.6 Å². The SMILES string of the molecule is C=CCn1c(SCC(=O)Nc2cc(F)ccc2C)nnc1[C@@H](CC(C)C)NC(=O)c1ccc(Cl)cc1Cl. The first-order valence-corrected chi connectivity index (χ1v) is 13.3. The Bertz CT molecular complexity index is 1300. The third-order valence-corrected chi connectivity index (χ3v) is 6.88. The third kappa shape index (κ3) is 7.80. The molecule has 0 fully saturated rings. The molecular weight excluding hydrogens is 536 g/mol. The van der Waals surface area contributed by atoms with Crippen molar-refractivity contribution in [2.24, 2.45) is 5.92 Å². The Balaban J connectivity index is 1.79. The number of benzene rings is 2. The monoisotopic (exact) mass is 563 g/mol. The van der Waals surface area contributed by atoms with Crippen LogP contribution in [0.25, 0.3) is 0 Å². The molecule has 0 bridgehead atoms. The van der Waals surface area contributed by atoms with Crippen LogP contribution in [-0.4, -0.2) is 32.3 Å². The zero-order chi connectivity index (χ0) is 27.1. The Morgan fingerprint density at radius 1 is 1.19 bits per heavy atom. The minimum absolute atomic E-state index is 0.0345. The van der Waals surface area contributed by atoms with Gasteiger partial charge in [0.25, 0.3) is 5.91 Å². The average Bonchev–Trinajstić information content (AvgIpc) is 3.22. The maximum absolute atomic E-state index is 13.6. The number of allylic oxidation sites excluding steroid dienone is 1. The van der Waals surface area contributed by atoms with Crippen LogP contribution in [0.4, 0.5) is 10.1 Å². The Morgan fingerprint density at radius 2 is 1.95 bits per heavy atom. The van der Waals surface area contributed by atoms with Crippen molar-refractivity contribution in [3.05, 3.63) is 81.9 Å². The standard InChI is InChI=1S/C26H28Cl2FN5O2S/c1-5-10-34-24(22(11-15(2)3)31-25(36)19-9-7-17(27)12-20(19)28)32-33-26(34)37-14-23(35)30-21-13-18(29)8-6-16(21)4/h5-9,12-13,15,22H,1,10-11,14H2,2-4H3,(H,30,35)(H,31,36)/t22-/m1/s1. The molecular formula is C26H28Cl2FN5O2S. The number of hydrogen-bond acceptors (Lipinski definition) is 5. The van der Waals surface area contributed by atoms with Crippen LogP contribution in [0, 0.1) is 18.7 Å². The average molecular weight is 565 g/mol. The third-order valence-electron chi connectivity index (χ3n) is 5.36. The van der Waals surface area contributed by atoms with Crippen molar-refractivity contribution in [1.82, 2.24) is 20.1 Å². The van der Waals surface area contributed by atoms with E-state index in [0.29, 0.717) is 40.2 Å². The van der Waals surface area contributed by atoms with Crippen LogP contribution in [0.2, 0.25) is 10.0 Å². The molecule has 37 heavy (non-hydrogen) atoms. The summed E-state index contributed by atoms with van der Waals surface area (Å²) in [5, 5.41) is 15.5. The molecule has 0 aliphatic rings. The van der Waals surface area contributed by atoms with Gasteiger partial charge in [-0.15, -0.1) is 16.8 Å². The first-order chi connectivity index (χ1) is 17.6. The fourth-order valence-corrected chi connectivity index (χ4v) is 4.87. The highest BCUT2D eigenvalue weighted by Gasteiger charge is 2.25. The number of nitrogens with one attached hydrogen (secondary N) is 2. The quantitative estimate of drug-likeness (QED) is 0.206. The van der Waals surface area contributed by atoms with Gasteiger partial charge in [-0.05, 0) is 55.2 Å². The van der Waals surface area contributed by atoms with Crippen LogP contribution in [-0.2, 0) is 11.3 Å². The molecule has 0 radical (unpaired) electrons. The van der Waals surface area contributed by atoms with E-state index in [1.165, 1.54) is 30.0 Å². The van der Waals surface area contributed by atoms with Crippen molar-refractivity contribution in [2.75, 3.05) is 11.1 Å². The number of rotatable bonds is 11. The smallest absolute Gasteiger partial charge is 0.253 e. The van der Waals surface area contributed by atoms with Crippen molar-refractivity contribution in [2.45, 2.75) is 44.9 Å². The fraction of sp³-hybridized carbons (Fsp3) is 0.308. The van der Waals surface area contributed by atoms with E-state index in [1.54, 1.807) is 31.2 Å². The topological polar surface area (TPSA) is 88.9 Å². The van der Waals surface area contributed by atoms with E-state index >= 15 is 0 Å². The normalized spacial score (nSPS) is 11.9. The summed E-state index contributed by atoms with van der Waals surface area (Å²) in [6, 6.07) is 8.44. The number of hydrogen-bond donors (Lipinski definition) is 2. The van der Waals surface area contributed by atoms with Crippen molar-refractivity contribution in [3.8, 4) is 0 Å². The molecule has 3 rings (SSSR count). The minimum Gasteiger partial charge on any atom is -0.342 e. The highest BCUT2D eigenvalue weighted by Crippen LogP contribution is 2.27. The predicted octanol–water partition coefficient (Wildman–Crippen LogP) is 6.47. The Morgan fingerprint density at radius 3 is 2.62 bits per heavy atom. The van der Waals surface area contributed by atoms with Crippen LogP contribution in [0.3, 0.4) is 0 Å². The summed E-state index contributed by atoms with van der Waals surface area (Å²) in [7, 11) is 0. The van der Waals surface area contributed by atoms with Crippen LogP contribution in [0.15, 0.2) is 54.2 Å². The lowest BCUT2D eigenvalue weighted by molar-refractivity contribution is -0.113. The molecule has 2 N–H and O–H groups in total. The zero-order valence-corrected chi connectivity index (χ0v) is 23.1. The molecule has 3 aromatic rings. The second-order valence-corrected chi connectivity index (χ2v) is 10.6. The van der Waals surface area contributed by atoms with Crippen LogP contribution >= 0.6 is 35.0 Å². The number of nitrogens with zero attached hydrogens (tertiary/aromatic N) is 3. The summed E-state index contributed by atoms with van der Waals surface area (Å²) in [6.07, 6.45) is 2.29. The molecule has 196 valence electrons. The zero-order valence-electron chi connectivity index (χ0n) is 20.7. The first-order valence-electron chi connectivity index (χ1n) is 11.6. The van der Waals surface area contributed by atoms with Crippen molar-refractivity contribution < 1.29 is 14.0 Å². The molecule has 0 aliphatic carbocycles. The van der Waals surface area contributed by atoms with Crippen LogP contribution in [0.5, 0.6) is 0 Å². The molecule has 1 heterocycles. The van der Waals surface area contributed by atoms with Gasteiger partial charge < -0.3 is 15.2 Å². The molecule has 2 amide bonds. The van der Waals surface area contributed by atoms with E-state index in [9.17, 15) is 14.0 Å². The lowest BCUT2D eigenvalue weighted by Gasteiger charge is -2.21. The molecule has 0 saturated heterocycles. The van der Waals surface area contributed by atoms with Gasteiger partial charge in [0, 0.05) is 17.3 Å². The van der Waals surface area contributed by atoms with Gasteiger partial charge in [-0.25, -0.2) is 4.39 Å². The van der Waals surface area contributed by atoms with Gasteiger partial charge in [-0.3, -0.25) is 9.59 Å². The Kier molecular flexibility index (Phi) is 10.1. The number of anilines is 1. The number of thioether (sulfide) groups is 1. The van der Waals surface area contributed by atoms with Gasteiger partial charge >= 0.3 is 0 Å². The lowest BCUT2D eigenvalue weighted by atomic mass is 10.0. The van der Waals surface area contributed by atoms with Gasteiger partial charge in [0.05, 0.1) is 22.4 Å². The molecule has 11 heteroatoms. The Labute approximate surface area is 229 Å². The lowest BCUT2D eigenvalue weighted by Crippen LogP contribution is -2.32. The largest absolute Gasteiger partial charge is 0.342 e. The first kappa shape index (κ1) is 28.7. The highest BCUT2D eigenvalue weighted by molar-refractivity contribution is 7.99. The van der Waals surface area contributed by atoms with Crippen molar-refractivity contribution in [1.29, 1.82) is 0 Å². The summed E-state index contributed by atoms with van der Waals surface area (Å²) < 4.78 is 15.4. The fourth-order valence-electron chi connectivity index (χ4n) is 3.62. The predicted molar refractivity (Wildman–Crippen MR) is 147 cm³/mol. The summed E-state index contributed by atoms with van der Waals surface area (Å²) in [5.74, 6) is -0.293. The van der Waals surface area contributed by atoms with E-state index in [0.717, 1.165) is 5.56 Å². The molecule has 0 aliphatic heterocycles. The van der Waals surface area contributed by atoms with Crippen molar-refractivity contribution in [3.63, 3.8) is 0 Å². The van der Waals surface area contributed by atoms with Crippen LogP contribution in [0.1, 0.15) is 48.1 Å². The van der Waals surface area contributed by atoms with E-state index in [1.807, 2.05) is 18.4 Å². The van der Waals surface area contributed by atoms with Gasteiger partial charge in [-0.1, -0.05) is 61.0 Å². The van der Waals surface area contributed by atoms with E-state index < -0.39 is 11.9 Å². The molecule has 0 spiro atoms.